The molecule has 0 aliphatic rings. The maximum absolute atomic E-state index is 11.0. The molecule has 0 aliphatic carbocycles. The van der Waals surface area contributed by atoms with Gasteiger partial charge in [-0.2, -0.15) is 0 Å². The van der Waals surface area contributed by atoms with Crippen LogP contribution >= 0.6 is 0 Å². The van der Waals surface area contributed by atoms with Crippen LogP contribution in [0.4, 0.5) is 0 Å². The predicted octanol–water partition coefficient (Wildman–Crippen LogP) is -2.95. The van der Waals surface area contributed by atoms with Crippen molar-refractivity contribution in [2.24, 2.45) is 11.5 Å². The summed E-state index contributed by atoms with van der Waals surface area (Å²) in [6.07, 6.45) is 4.65. The third-order valence-corrected chi connectivity index (χ3v) is 2.48. The third-order valence-electron chi connectivity index (χ3n) is 1.26. The van der Waals surface area contributed by atoms with Crippen molar-refractivity contribution >= 4 is 11.9 Å². The Morgan fingerprint density at radius 1 is 0.941 bits per heavy atom. The summed E-state index contributed by atoms with van der Waals surface area (Å²) in [7, 11) is 0. The number of carbonyl (C=O) groups excluding carboxylic acids is 2. The first kappa shape index (κ1) is 15.2. The van der Waals surface area contributed by atoms with Crippen LogP contribution in [0.2, 0.25) is 0 Å². The van der Waals surface area contributed by atoms with Crippen LogP contribution in [0.15, 0.2) is 48.9 Å². The molecule has 0 rings (SSSR count). The number of nitrogens with two attached hydrogens (primary N) is 2. The molecule has 0 amide bonds. The van der Waals surface area contributed by atoms with Crippen LogP contribution in [0.25, 0.3) is 0 Å². The van der Waals surface area contributed by atoms with Crippen molar-refractivity contribution in [1.29, 1.82) is 0 Å². The van der Waals surface area contributed by atoms with E-state index in [9.17, 15) is 9.59 Å². The molecule has 0 aliphatic heterocycles. The fraction of sp³-hybridized carbons (Fsp3) is 0. The van der Waals surface area contributed by atoms with E-state index < -0.39 is 34.0 Å². The van der Waals surface area contributed by atoms with Crippen molar-refractivity contribution in [2.75, 3.05) is 0 Å². The van der Waals surface area contributed by atoms with Crippen molar-refractivity contribution in [3.8, 4) is 0 Å². The Kier molecular flexibility index (Phi) is 7.52. The Bertz CT molecular complexity index is 352. The Hall–Kier alpha value is -1.77. The molecule has 0 aromatic carbocycles. The van der Waals surface area contributed by atoms with Gasteiger partial charge in [-0.1, -0.05) is 0 Å². The number of carbonyl (C=O) groups is 2. The average molecular weight is 351 g/mol. The van der Waals surface area contributed by atoms with E-state index in [2.05, 4.69) is 19.3 Å². The van der Waals surface area contributed by atoms with E-state index in [0.29, 0.717) is 0 Å². The van der Waals surface area contributed by atoms with Gasteiger partial charge in [0.05, 0.1) is 0 Å². The van der Waals surface area contributed by atoms with E-state index in [1.807, 2.05) is 0 Å². The summed E-state index contributed by atoms with van der Waals surface area (Å²) in [6, 6.07) is 0. The van der Waals surface area contributed by atoms with Crippen molar-refractivity contribution in [1.82, 2.24) is 0 Å². The van der Waals surface area contributed by atoms with Crippen LogP contribution in [0.5, 0.6) is 0 Å². The molecule has 17 heavy (non-hydrogen) atoms. The second-order valence-electron chi connectivity index (χ2n) is 2.55. The second-order valence-corrected chi connectivity index (χ2v) is 3.79. The van der Waals surface area contributed by atoms with Crippen LogP contribution in [0, 0.1) is 0 Å². The minimum atomic E-state index is -1.50. The van der Waals surface area contributed by atoms with E-state index in [4.69, 9.17) is 11.5 Å². The van der Waals surface area contributed by atoms with E-state index >= 15 is 0 Å². The maximum atomic E-state index is 11.0. The molecule has 6 nitrogen and oxygen atoms in total. The van der Waals surface area contributed by atoms with E-state index in [0.717, 1.165) is 12.2 Å². The molecular formula is C10H12IN2O4-. The summed E-state index contributed by atoms with van der Waals surface area (Å²) in [5.74, 6) is -1.38. The molecule has 4 N–H and O–H groups in total. The van der Waals surface area contributed by atoms with Gasteiger partial charge in [0.1, 0.15) is 0 Å². The summed E-state index contributed by atoms with van der Waals surface area (Å²) >= 11 is -1.50. The van der Waals surface area contributed by atoms with E-state index in [-0.39, 0.29) is 11.4 Å². The molecule has 0 fully saturated rings. The fourth-order valence-electron chi connectivity index (χ4n) is 0.512. The van der Waals surface area contributed by atoms with Gasteiger partial charge in [0.2, 0.25) is 0 Å². The standard InChI is InChI=1S/C10H12IN2O4/c1-3-7(12)5-9(14)16-11-17-10(15)6-8(13)4-2/h3-6H,1-2,12-13H2/q-1/b7-5-,8-6-. The van der Waals surface area contributed by atoms with Gasteiger partial charge in [-0.05, 0) is 0 Å². The first-order valence-corrected chi connectivity index (χ1v) is 6.01. The van der Waals surface area contributed by atoms with Gasteiger partial charge >= 0.3 is 110 Å². The molecule has 0 unspecified atom stereocenters. The summed E-state index contributed by atoms with van der Waals surface area (Å²) in [4.78, 5) is 22.1. The van der Waals surface area contributed by atoms with Gasteiger partial charge in [0.25, 0.3) is 0 Å². The van der Waals surface area contributed by atoms with E-state index in [1.54, 1.807) is 0 Å². The molecule has 7 heteroatoms. The van der Waals surface area contributed by atoms with Gasteiger partial charge in [0.15, 0.2) is 0 Å². The van der Waals surface area contributed by atoms with Crippen molar-refractivity contribution in [3.63, 3.8) is 0 Å². The molecule has 0 saturated carbocycles. The summed E-state index contributed by atoms with van der Waals surface area (Å²) in [6.45, 7) is 6.71. The van der Waals surface area contributed by atoms with Crippen LogP contribution in [0.1, 0.15) is 0 Å². The first-order chi connectivity index (χ1) is 7.99. The minimum absolute atomic E-state index is 0.168. The molecule has 0 aromatic rings. The Morgan fingerprint density at radius 2 is 1.29 bits per heavy atom. The molecule has 0 spiro atoms. The molecule has 0 radical (unpaired) electrons. The molecule has 0 saturated heterocycles. The topological polar surface area (TPSA) is 105 Å². The van der Waals surface area contributed by atoms with Gasteiger partial charge in [0, 0.05) is 0 Å². The zero-order chi connectivity index (χ0) is 13.3. The zero-order valence-electron chi connectivity index (χ0n) is 8.89. The van der Waals surface area contributed by atoms with Gasteiger partial charge in [-0.25, -0.2) is 0 Å². The van der Waals surface area contributed by atoms with Gasteiger partial charge < -0.3 is 0 Å². The van der Waals surface area contributed by atoms with Crippen LogP contribution in [0.3, 0.4) is 0 Å². The number of rotatable bonds is 6. The number of halogens is 1. The predicted molar refractivity (Wildman–Crippen MR) is 57.1 cm³/mol. The number of hydrogen-bond acceptors (Lipinski definition) is 6. The van der Waals surface area contributed by atoms with Gasteiger partial charge in [-0.3, -0.25) is 0 Å². The molecule has 0 aromatic heterocycles. The Balaban J connectivity index is 4.01. The second kappa shape index (κ2) is 8.39. The summed E-state index contributed by atoms with van der Waals surface area (Å²) in [5, 5.41) is 0. The summed E-state index contributed by atoms with van der Waals surface area (Å²) in [5.41, 5.74) is 10.9. The normalized spacial score (nSPS) is 11.8. The average Bonchev–Trinajstić information content (AvgIpc) is 2.28. The number of allylic oxidation sites excluding steroid dienone is 2. The number of hydrogen-bond donors (Lipinski definition) is 2. The van der Waals surface area contributed by atoms with E-state index in [1.165, 1.54) is 12.2 Å². The fourth-order valence-corrected chi connectivity index (χ4v) is 1.21. The quantitative estimate of drug-likeness (QED) is 0.301. The monoisotopic (exact) mass is 351 g/mol. The Labute approximate surface area is 110 Å². The van der Waals surface area contributed by atoms with Crippen LogP contribution < -0.4 is 33.5 Å². The first-order valence-electron chi connectivity index (χ1n) is 4.25. The Morgan fingerprint density at radius 3 is 1.59 bits per heavy atom. The molecule has 0 bridgehead atoms. The molecule has 94 valence electrons. The van der Waals surface area contributed by atoms with Crippen molar-refractivity contribution < 1.29 is 37.8 Å². The molecule has 0 atom stereocenters. The van der Waals surface area contributed by atoms with Crippen LogP contribution in [-0.2, 0) is 15.7 Å². The van der Waals surface area contributed by atoms with Gasteiger partial charge in [-0.15, -0.1) is 0 Å². The third kappa shape index (κ3) is 8.08. The summed E-state index contributed by atoms with van der Waals surface area (Å²) < 4.78 is 9.26. The molecular weight excluding hydrogens is 339 g/mol. The van der Waals surface area contributed by atoms with Crippen molar-refractivity contribution in [2.45, 2.75) is 0 Å². The van der Waals surface area contributed by atoms with Crippen molar-refractivity contribution in [3.05, 3.63) is 48.9 Å². The zero-order valence-corrected chi connectivity index (χ0v) is 11.0. The SMILES string of the molecule is C=C/C(N)=C/C(=O)O[I-]OC(=O)/C=C(\N)C=C. The molecule has 0 heterocycles. The van der Waals surface area contributed by atoms with Crippen LogP contribution in [-0.4, -0.2) is 11.9 Å².